The molecule has 23 heavy (non-hydrogen) atoms. The fraction of sp³-hybridized carbons (Fsp3) is 0.600. The lowest BCUT2D eigenvalue weighted by Crippen LogP contribution is -2.47. The van der Waals surface area contributed by atoms with E-state index in [0.717, 1.165) is 29.6 Å². The number of hydrogen-bond acceptors (Lipinski definition) is 4. The first kappa shape index (κ1) is 17.0. The van der Waals surface area contributed by atoms with E-state index in [4.69, 9.17) is 4.74 Å². The van der Waals surface area contributed by atoms with Crippen LogP contribution in [0.2, 0.25) is 0 Å². The van der Waals surface area contributed by atoms with Gasteiger partial charge in [-0.1, -0.05) is 0 Å². The summed E-state index contributed by atoms with van der Waals surface area (Å²) in [6.07, 6.45) is 8.34. The van der Waals surface area contributed by atoms with E-state index in [1.807, 2.05) is 22.2 Å². The SMILES string of the molecule is CCNC(=NCc1cn2ccsc2n1)NC1CC2CCC1O2.I. The summed E-state index contributed by atoms with van der Waals surface area (Å²) in [4.78, 5) is 10.3. The smallest absolute Gasteiger partial charge is 0.193 e. The molecule has 0 radical (unpaired) electrons. The fourth-order valence-electron chi connectivity index (χ4n) is 3.30. The molecule has 8 heteroatoms. The predicted octanol–water partition coefficient (Wildman–Crippen LogP) is 2.39. The minimum atomic E-state index is 0. The van der Waals surface area contributed by atoms with Crippen LogP contribution in [0.15, 0.2) is 22.8 Å². The lowest BCUT2D eigenvalue weighted by Gasteiger charge is -2.22. The van der Waals surface area contributed by atoms with Gasteiger partial charge in [0.25, 0.3) is 0 Å². The van der Waals surface area contributed by atoms with Gasteiger partial charge in [-0.2, -0.15) is 0 Å². The van der Waals surface area contributed by atoms with E-state index >= 15 is 0 Å². The summed E-state index contributed by atoms with van der Waals surface area (Å²) in [5.74, 6) is 0.861. The number of ether oxygens (including phenoxy) is 1. The first-order valence-corrected chi connectivity index (χ1v) is 8.81. The zero-order valence-corrected chi connectivity index (χ0v) is 16.2. The lowest BCUT2D eigenvalue weighted by atomic mass is 9.96. The molecule has 2 fully saturated rings. The number of aliphatic imine (C=N–C) groups is 1. The van der Waals surface area contributed by atoms with Crippen molar-refractivity contribution in [3.63, 3.8) is 0 Å². The Hall–Kier alpha value is -0.870. The minimum Gasteiger partial charge on any atom is -0.373 e. The van der Waals surface area contributed by atoms with E-state index in [2.05, 4.69) is 27.5 Å². The summed E-state index contributed by atoms with van der Waals surface area (Å²) < 4.78 is 7.94. The number of thiazole rings is 1. The van der Waals surface area contributed by atoms with Gasteiger partial charge in [0.05, 0.1) is 30.5 Å². The molecule has 3 atom stereocenters. The van der Waals surface area contributed by atoms with Crippen LogP contribution < -0.4 is 10.6 Å². The van der Waals surface area contributed by atoms with Gasteiger partial charge in [-0.15, -0.1) is 35.3 Å². The lowest BCUT2D eigenvalue weighted by molar-refractivity contribution is 0.0992. The average Bonchev–Trinajstić information content (AvgIpc) is 3.24. The Morgan fingerprint density at radius 3 is 3.13 bits per heavy atom. The molecular weight excluding hydrogens is 425 g/mol. The van der Waals surface area contributed by atoms with Gasteiger partial charge in [0.2, 0.25) is 0 Å². The van der Waals surface area contributed by atoms with Crippen LogP contribution in [0, 0.1) is 0 Å². The highest BCUT2D eigenvalue weighted by atomic mass is 127. The molecule has 0 aromatic carbocycles. The molecule has 0 amide bonds. The van der Waals surface area contributed by atoms with E-state index in [9.17, 15) is 0 Å². The van der Waals surface area contributed by atoms with Gasteiger partial charge in [-0.05, 0) is 26.2 Å². The number of nitrogens with one attached hydrogen (secondary N) is 2. The van der Waals surface area contributed by atoms with Crippen LogP contribution in [0.4, 0.5) is 0 Å². The van der Waals surface area contributed by atoms with Crippen LogP contribution in [-0.2, 0) is 11.3 Å². The Morgan fingerprint density at radius 2 is 2.43 bits per heavy atom. The molecule has 6 nitrogen and oxygen atoms in total. The highest BCUT2D eigenvalue weighted by Gasteiger charge is 2.41. The molecule has 4 rings (SSSR count). The summed E-state index contributed by atoms with van der Waals surface area (Å²) in [6, 6.07) is 0.391. The Morgan fingerprint density at radius 1 is 1.52 bits per heavy atom. The first-order chi connectivity index (χ1) is 10.8. The maximum atomic E-state index is 5.90. The average molecular weight is 447 g/mol. The summed E-state index contributed by atoms with van der Waals surface area (Å²) in [6.45, 7) is 3.53. The number of halogens is 1. The van der Waals surface area contributed by atoms with Crippen LogP contribution in [0.3, 0.4) is 0 Å². The van der Waals surface area contributed by atoms with Gasteiger partial charge in [-0.25, -0.2) is 9.98 Å². The van der Waals surface area contributed by atoms with Crippen molar-refractivity contribution in [3.05, 3.63) is 23.5 Å². The molecular formula is C15H22IN5OS. The van der Waals surface area contributed by atoms with Gasteiger partial charge < -0.3 is 15.4 Å². The second-order valence-electron chi connectivity index (χ2n) is 5.88. The fourth-order valence-corrected chi connectivity index (χ4v) is 4.02. The highest BCUT2D eigenvalue weighted by Crippen LogP contribution is 2.34. The van der Waals surface area contributed by atoms with Gasteiger partial charge in [0, 0.05) is 24.3 Å². The quantitative estimate of drug-likeness (QED) is 0.430. The number of nitrogens with zero attached hydrogens (tertiary/aromatic N) is 3. The highest BCUT2D eigenvalue weighted by molar-refractivity contribution is 14.0. The van der Waals surface area contributed by atoms with Crippen molar-refractivity contribution >= 4 is 46.2 Å². The molecule has 2 N–H and O–H groups in total. The normalized spacial score (nSPS) is 26.5. The second kappa shape index (κ2) is 7.35. The molecule has 2 saturated heterocycles. The number of hydrogen-bond donors (Lipinski definition) is 2. The van der Waals surface area contributed by atoms with Gasteiger partial charge in [0.15, 0.2) is 10.9 Å². The van der Waals surface area contributed by atoms with Crippen LogP contribution in [0.25, 0.3) is 4.96 Å². The molecule has 0 spiro atoms. The van der Waals surface area contributed by atoms with E-state index in [1.165, 1.54) is 12.8 Å². The molecule has 3 unspecified atom stereocenters. The van der Waals surface area contributed by atoms with Crippen molar-refractivity contribution < 1.29 is 4.74 Å². The Kier molecular flexibility index (Phi) is 5.42. The standard InChI is InChI=1S/C15H21N5OS.HI/c1-2-16-14(19-12-7-11-3-4-13(12)21-11)17-8-10-9-20-5-6-22-15(20)18-10;/h5-6,9,11-13H,2-4,7-8H2,1H3,(H2,16,17,19);1H. The van der Waals surface area contributed by atoms with Crippen molar-refractivity contribution in [3.8, 4) is 0 Å². The van der Waals surface area contributed by atoms with Crippen molar-refractivity contribution in [1.29, 1.82) is 0 Å². The number of guanidine groups is 1. The minimum absolute atomic E-state index is 0. The summed E-state index contributed by atoms with van der Waals surface area (Å²) >= 11 is 1.64. The third-order valence-electron chi connectivity index (χ3n) is 4.31. The van der Waals surface area contributed by atoms with Gasteiger partial charge in [-0.3, -0.25) is 4.40 Å². The summed E-state index contributed by atoms with van der Waals surface area (Å²) in [5.41, 5.74) is 0.994. The Labute approximate surface area is 156 Å². The van der Waals surface area contributed by atoms with Crippen LogP contribution >= 0.6 is 35.3 Å². The molecule has 2 aliphatic rings. The zero-order chi connectivity index (χ0) is 14.9. The second-order valence-corrected chi connectivity index (χ2v) is 6.75. The number of rotatable bonds is 4. The largest absolute Gasteiger partial charge is 0.373 e. The van der Waals surface area contributed by atoms with Crippen LogP contribution in [0.1, 0.15) is 31.9 Å². The van der Waals surface area contributed by atoms with Crippen LogP contribution in [-0.4, -0.2) is 40.1 Å². The summed E-state index contributed by atoms with van der Waals surface area (Å²) in [7, 11) is 0. The van der Waals surface area contributed by atoms with Crippen molar-refractivity contribution in [2.75, 3.05) is 6.54 Å². The third-order valence-corrected chi connectivity index (χ3v) is 5.09. The molecule has 2 aliphatic heterocycles. The maximum absolute atomic E-state index is 5.90. The zero-order valence-electron chi connectivity index (χ0n) is 13.1. The van der Waals surface area contributed by atoms with Gasteiger partial charge >= 0.3 is 0 Å². The van der Waals surface area contributed by atoms with Crippen molar-refractivity contribution in [2.24, 2.45) is 4.99 Å². The number of imidazole rings is 1. The van der Waals surface area contributed by atoms with Gasteiger partial charge in [0.1, 0.15) is 0 Å². The number of aromatic nitrogens is 2. The van der Waals surface area contributed by atoms with E-state index < -0.39 is 0 Å². The van der Waals surface area contributed by atoms with E-state index in [-0.39, 0.29) is 24.0 Å². The van der Waals surface area contributed by atoms with E-state index in [0.29, 0.717) is 24.8 Å². The topological polar surface area (TPSA) is 63.0 Å². The van der Waals surface area contributed by atoms with E-state index in [1.54, 1.807) is 11.3 Å². The molecule has 2 aromatic heterocycles. The predicted molar refractivity (Wildman–Crippen MR) is 103 cm³/mol. The summed E-state index contributed by atoms with van der Waals surface area (Å²) in [5, 5.41) is 8.88. The Balaban J connectivity index is 0.00000156. The molecule has 4 heterocycles. The number of fused-ring (bicyclic) bond motifs is 3. The maximum Gasteiger partial charge on any atom is 0.193 e. The van der Waals surface area contributed by atoms with Crippen LogP contribution in [0.5, 0.6) is 0 Å². The molecule has 2 bridgehead atoms. The Bertz CT molecular complexity index is 656. The molecule has 2 aromatic rings. The molecule has 126 valence electrons. The molecule has 0 aliphatic carbocycles. The molecule has 0 saturated carbocycles. The third kappa shape index (κ3) is 3.63. The van der Waals surface area contributed by atoms with Crippen molar-refractivity contribution in [1.82, 2.24) is 20.0 Å². The van der Waals surface area contributed by atoms with Crippen molar-refractivity contribution in [2.45, 2.75) is 51.0 Å². The first-order valence-electron chi connectivity index (χ1n) is 7.93. The monoisotopic (exact) mass is 447 g/mol.